The minimum atomic E-state index is -1.04. The van der Waals surface area contributed by atoms with Crippen molar-refractivity contribution in [3.8, 4) is 0 Å². The normalized spacial score (nSPS) is 25.6. The van der Waals surface area contributed by atoms with Gasteiger partial charge < -0.3 is 4.74 Å². The second-order valence-corrected chi connectivity index (χ2v) is 3.72. The van der Waals surface area contributed by atoms with Crippen molar-refractivity contribution in [3.05, 3.63) is 59.3 Å². The van der Waals surface area contributed by atoms with E-state index in [-0.39, 0.29) is 5.91 Å². The number of allylic oxidation sites excluding steroid dienone is 2. The maximum absolute atomic E-state index is 11.9. The first-order valence-corrected chi connectivity index (χ1v) is 5.03. The van der Waals surface area contributed by atoms with Crippen LogP contribution in [0, 0.1) is 0 Å². The zero-order valence-corrected chi connectivity index (χ0v) is 8.46. The molecule has 1 spiro atoms. The van der Waals surface area contributed by atoms with Crippen LogP contribution in [0.25, 0.3) is 6.08 Å². The molecule has 1 unspecified atom stereocenters. The molecule has 0 saturated carbocycles. The van der Waals surface area contributed by atoms with Gasteiger partial charge in [0, 0.05) is 5.22 Å². The Kier molecular flexibility index (Phi) is 1.80. The molecule has 0 N–H and O–H groups in total. The molecule has 2 aliphatic rings. The standard InChI is InChI=1S/C13H9NO2/c15-12-13(7-3-4-8-16-13)9-10-5-1-2-6-11(10)14-12/h1-9H. The minimum Gasteiger partial charge on any atom is -0.477 e. The summed E-state index contributed by atoms with van der Waals surface area (Å²) in [5.74, 6) is -0.285. The summed E-state index contributed by atoms with van der Waals surface area (Å²) in [5, 5.41) is 1.62. The zero-order valence-electron chi connectivity index (χ0n) is 8.46. The van der Waals surface area contributed by atoms with E-state index in [4.69, 9.17) is 4.74 Å². The third-order valence-corrected chi connectivity index (χ3v) is 2.66. The highest BCUT2D eigenvalue weighted by Crippen LogP contribution is 2.22. The molecule has 0 bridgehead atoms. The van der Waals surface area contributed by atoms with Crippen molar-refractivity contribution in [2.75, 3.05) is 0 Å². The molecule has 3 rings (SSSR count). The van der Waals surface area contributed by atoms with Gasteiger partial charge >= 0.3 is 0 Å². The van der Waals surface area contributed by atoms with Crippen molar-refractivity contribution in [1.82, 2.24) is 0 Å². The molecular formula is C13H9NO2. The molecule has 0 saturated heterocycles. The summed E-state index contributed by atoms with van der Waals surface area (Å²) in [6.45, 7) is 0. The van der Waals surface area contributed by atoms with Crippen LogP contribution in [0.2, 0.25) is 0 Å². The van der Waals surface area contributed by atoms with Crippen LogP contribution in [0.1, 0.15) is 0 Å². The number of hydrogen-bond acceptors (Lipinski definition) is 2. The molecule has 1 aromatic carbocycles. The smallest absolute Gasteiger partial charge is 0.298 e. The van der Waals surface area contributed by atoms with Crippen LogP contribution in [-0.4, -0.2) is 11.5 Å². The number of nitrogens with zero attached hydrogens (tertiary/aromatic N) is 1. The van der Waals surface area contributed by atoms with Crippen molar-refractivity contribution in [2.45, 2.75) is 5.60 Å². The van der Waals surface area contributed by atoms with E-state index < -0.39 is 5.60 Å². The zero-order chi connectivity index (χ0) is 11.0. The van der Waals surface area contributed by atoms with Crippen LogP contribution < -0.4 is 10.6 Å². The summed E-state index contributed by atoms with van der Waals surface area (Å²) >= 11 is 0. The van der Waals surface area contributed by atoms with Crippen LogP contribution in [-0.2, 0) is 9.53 Å². The van der Waals surface area contributed by atoms with E-state index in [9.17, 15) is 4.79 Å². The summed E-state index contributed by atoms with van der Waals surface area (Å²) in [6.07, 6.45) is 8.57. The fourth-order valence-corrected chi connectivity index (χ4v) is 1.84. The first-order valence-electron chi connectivity index (χ1n) is 5.03. The molecule has 0 aliphatic carbocycles. The van der Waals surface area contributed by atoms with E-state index in [2.05, 4.69) is 4.99 Å². The number of carbonyl (C=O) groups is 1. The van der Waals surface area contributed by atoms with E-state index in [0.29, 0.717) is 5.36 Å². The van der Waals surface area contributed by atoms with Gasteiger partial charge in [0.2, 0.25) is 5.60 Å². The number of fused-ring (bicyclic) bond motifs is 1. The third-order valence-electron chi connectivity index (χ3n) is 2.66. The molecule has 3 heteroatoms. The van der Waals surface area contributed by atoms with E-state index >= 15 is 0 Å². The highest BCUT2D eigenvalue weighted by Gasteiger charge is 2.37. The van der Waals surface area contributed by atoms with Crippen molar-refractivity contribution >= 4 is 12.0 Å². The summed E-state index contributed by atoms with van der Waals surface area (Å²) in [7, 11) is 0. The van der Waals surface area contributed by atoms with Gasteiger partial charge in [0.05, 0.1) is 11.6 Å². The number of hydrogen-bond donors (Lipinski definition) is 0. The molecule has 78 valence electrons. The van der Waals surface area contributed by atoms with Crippen LogP contribution in [0.3, 0.4) is 0 Å². The average molecular weight is 211 g/mol. The number of amides is 1. The van der Waals surface area contributed by atoms with Gasteiger partial charge in [-0.2, -0.15) is 0 Å². The lowest BCUT2D eigenvalue weighted by atomic mass is 9.97. The predicted octanol–water partition coefficient (Wildman–Crippen LogP) is 0.466. The van der Waals surface area contributed by atoms with Crippen LogP contribution >= 0.6 is 0 Å². The summed E-state index contributed by atoms with van der Waals surface area (Å²) < 4.78 is 5.41. The Bertz CT molecular complexity index is 628. The fraction of sp³-hybridized carbons (Fsp3) is 0.0769. The first-order chi connectivity index (χ1) is 7.80. The van der Waals surface area contributed by atoms with Crippen LogP contribution in [0.15, 0.2) is 53.7 Å². The Labute approximate surface area is 92.1 Å². The lowest BCUT2D eigenvalue weighted by molar-refractivity contribution is -0.128. The molecule has 2 heterocycles. The molecule has 0 radical (unpaired) electrons. The lowest BCUT2D eigenvalue weighted by Gasteiger charge is -2.26. The van der Waals surface area contributed by atoms with Crippen molar-refractivity contribution in [2.24, 2.45) is 4.99 Å². The van der Waals surface area contributed by atoms with Gasteiger partial charge in [-0.15, -0.1) is 0 Å². The molecule has 1 amide bonds. The lowest BCUT2D eigenvalue weighted by Crippen LogP contribution is -2.45. The van der Waals surface area contributed by atoms with Gasteiger partial charge in [0.1, 0.15) is 0 Å². The van der Waals surface area contributed by atoms with Crippen molar-refractivity contribution in [1.29, 1.82) is 0 Å². The van der Waals surface area contributed by atoms with E-state index in [1.54, 1.807) is 24.3 Å². The van der Waals surface area contributed by atoms with Gasteiger partial charge in [0.15, 0.2) is 0 Å². The predicted molar refractivity (Wildman–Crippen MR) is 58.8 cm³/mol. The number of carbonyl (C=O) groups excluding carboxylic acids is 1. The monoisotopic (exact) mass is 211 g/mol. The van der Waals surface area contributed by atoms with Gasteiger partial charge in [-0.05, 0) is 24.3 Å². The van der Waals surface area contributed by atoms with Crippen LogP contribution in [0.4, 0.5) is 0 Å². The van der Waals surface area contributed by atoms with Gasteiger partial charge in [-0.25, -0.2) is 4.99 Å². The quantitative estimate of drug-likeness (QED) is 0.625. The Balaban J connectivity index is 2.27. The molecule has 3 nitrogen and oxygen atoms in total. The number of ether oxygens (including phenoxy) is 1. The van der Waals surface area contributed by atoms with E-state index in [1.165, 1.54) is 6.26 Å². The fourth-order valence-electron chi connectivity index (χ4n) is 1.84. The summed E-state index contributed by atoms with van der Waals surface area (Å²) in [4.78, 5) is 16.0. The Hall–Kier alpha value is -2.16. The van der Waals surface area contributed by atoms with Crippen molar-refractivity contribution < 1.29 is 9.53 Å². The summed E-state index contributed by atoms with van der Waals surface area (Å²) in [5.41, 5.74) is -1.04. The molecule has 1 atom stereocenters. The van der Waals surface area contributed by atoms with Gasteiger partial charge in [-0.1, -0.05) is 24.3 Å². The molecule has 2 aliphatic heterocycles. The Morgan fingerprint density at radius 3 is 2.88 bits per heavy atom. The largest absolute Gasteiger partial charge is 0.477 e. The van der Waals surface area contributed by atoms with Gasteiger partial charge in [0.25, 0.3) is 5.91 Å². The van der Waals surface area contributed by atoms with Crippen LogP contribution in [0.5, 0.6) is 0 Å². The maximum Gasteiger partial charge on any atom is 0.298 e. The third kappa shape index (κ3) is 1.21. The van der Waals surface area contributed by atoms with Gasteiger partial charge in [-0.3, -0.25) is 4.79 Å². The minimum absolute atomic E-state index is 0.285. The second-order valence-electron chi connectivity index (χ2n) is 3.72. The number of rotatable bonds is 0. The SMILES string of the molecule is O=C1N=c2ccccc2=CC12C=CC=CO2. The van der Waals surface area contributed by atoms with E-state index in [1.807, 2.05) is 24.3 Å². The highest BCUT2D eigenvalue weighted by molar-refractivity contribution is 5.96. The Morgan fingerprint density at radius 2 is 2.06 bits per heavy atom. The first kappa shape index (κ1) is 9.09. The number of benzene rings is 1. The highest BCUT2D eigenvalue weighted by atomic mass is 16.5. The second kappa shape index (κ2) is 3.17. The Morgan fingerprint density at radius 1 is 1.19 bits per heavy atom. The topological polar surface area (TPSA) is 38.7 Å². The van der Waals surface area contributed by atoms with Crippen molar-refractivity contribution in [3.63, 3.8) is 0 Å². The van der Waals surface area contributed by atoms with E-state index in [0.717, 1.165) is 5.22 Å². The molecule has 0 aromatic heterocycles. The molecule has 0 fully saturated rings. The summed E-state index contributed by atoms with van der Waals surface area (Å²) in [6, 6.07) is 7.51. The maximum atomic E-state index is 11.9. The molecule has 1 aromatic rings. The molecular weight excluding hydrogens is 202 g/mol. The average Bonchev–Trinajstić information content (AvgIpc) is 2.32. The number of para-hydroxylation sites is 1. The molecule has 16 heavy (non-hydrogen) atoms.